The molecule has 0 aliphatic carbocycles. The van der Waals surface area contributed by atoms with E-state index in [9.17, 15) is 12.9 Å². The largest absolute Gasteiger partial charge is 0.513 e. The van der Waals surface area contributed by atoms with Gasteiger partial charge < -0.3 is 27.3 Å². The summed E-state index contributed by atoms with van der Waals surface area (Å²) < 4.78 is 49.2. The summed E-state index contributed by atoms with van der Waals surface area (Å²) in [6.07, 6.45) is -0.187. The lowest BCUT2D eigenvalue weighted by Crippen LogP contribution is -2.43. The Hall–Kier alpha value is -1.21. The number of morpholine rings is 1. The molecule has 3 nitrogen and oxygen atoms in total. The number of likely N-dealkylation sites (N-methyl/N-ethyl adjacent to an activating group) is 1. The summed E-state index contributed by atoms with van der Waals surface area (Å²) in [4.78, 5) is 2.07. The average Bonchev–Trinajstić information content (AvgIpc) is 2.36. The van der Waals surface area contributed by atoms with E-state index in [0.717, 1.165) is 12.6 Å². The first-order chi connectivity index (χ1) is 8.97. The third kappa shape index (κ3) is 3.88. The zero-order valence-corrected chi connectivity index (χ0v) is 10.7. The van der Waals surface area contributed by atoms with E-state index in [1.165, 1.54) is 18.2 Å². The Bertz CT molecular complexity index is 428. The second-order valence-electron chi connectivity index (χ2n) is 4.68. The van der Waals surface area contributed by atoms with Gasteiger partial charge in [-0.3, -0.25) is 0 Å². The summed E-state index contributed by atoms with van der Waals surface area (Å²) in [5, 5.41) is 0. The first-order valence-electron chi connectivity index (χ1n) is 6.18. The highest BCUT2D eigenvalue weighted by Crippen LogP contribution is 2.18. The van der Waals surface area contributed by atoms with E-state index in [-0.39, 0.29) is 18.5 Å². The molecule has 7 heteroatoms. The summed E-state index contributed by atoms with van der Waals surface area (Å²) in [6, 6.07) is 5.29. The van der Waals surface area contributed by atoms with Crippen LogP contribution in [-0.4, -0.2) is 51.3 Å². The molecule has 1 aromatic carbocycles. The predicted molar refractivity (Wildman–Crippen MR) is 67.9 cm³/mol. The molecule has 0 spiro atoms. The monoisotopic (exact) mass is 274 g/mol. The molecule has 0 N–H and O–H groups in total. The summed E-state index contributed by atoms with van der Waals surface area (Å²) in [7, 11) is 1.95. The van der Waals surface area contributed by atoms with Crippen LogP contribution in [0.2, 0.25) is 0 Å². The van der Waals surface area contributed by atoms with E-state index in [2.05, 4.69) is 4.90 Å². The molecule has 1 aliphatic rings. The molecule has 1 heterocycles. The summed E-state index contributed by atoms with van der Waals surface area (Å²) in [5.41, 5.74) is -0.688. The van der Waals surface area contributed by atoms with E-state index < -0.39 is 12.4 Å². The van der Waals surface area contributed by atoms with E-state index in [1.54, 1.807) is 0 Å². The van der Waals surface area contributed by atoms with Gasteiger partial charge in [-0.05, 0) is 13.1 Å². The van der Waals surface area contributed by atoms with Crippen LogP contribution >= 0.6 is 0 Å². The summed E-state index contributed by atoms with van der Waals surface area (Å²) in [6.45, 7) is -2.85. The van der Waals surface area contributed by atoms with Crippen molar-refractivity contribution in [3.05, 3.63) is 24.3 Å². The van der Waals surface area contributed by atoms with Gasteiger partial charge in [-0.15, -0.1) is 0 Å². The summed E-state index contributed by atoms with van der Waals surface area (Å²) in [5.74, 6) is -0.119. The van der Waals surface area contributed by atoms with Gasteiger partial charge in [0.25, 0.3) is 0 Å². The Balaban J connectivity index is 1.99. The van der Waals surface area contributed by atoms with Crippen molar-refractivity contribution in [1.29, 1.82) is 0 Å². The minimum Gasteiger partial charge on any atom is -0.494 e. The van der Waals surface area contributed by atoms with Crippen molar-refractivity contribution >= 4 is 12.4 Å². The molecule has 1 atom stereocenters. The van der Waals surface area contributed by atoms with Gasteiger partial charge in [0.05, 0.1) is 12.4 Å². The predicted octanol–water partition coefficient (Wildman–Crippen LogP) is 1.45. The molecule has 1 aliphatic heterocycles. The van der Waals surface area contributed by atoms with Crippen LogP contribution in [0.3, 0.4) is 0 Å². The molecule has 1 saturated heterocycles. The fourth-order valence-electron chi connectivity index (χ4n) is 2.03. The molecule has 0 bridgehead atoms. The lowest BCUT2D eigenvalue weighted by atomic mass is 9.79. The number of rotatable bonds is 4. The highest BCUT2D eigenvalue weighted by Gasteiger charge is 2.29. The van der Waals surface area contributed by atoms with Crippen molar-refractivity contribution in [3.63, 3.8) is 0 Å². The van der Waals surface area contributed by atoms with Crippen LogP contribution in [0.15, 0.2) is 24.3 Å². The molecule has 1 aromatic rings. The number of para-hydroxylation sites is 1. The van der Waals surface area contributed by atoms with E-state index in [0.29, 0.717) is 13.2 Å². The van der Waals surface area contributed by atoms with E-state index in [4.69, 9.17) is 9.47 Å². The van der Waals surface area contributed by atoms with Crippen molar-refractivity contribution in [2.24, 2.45) is 0 Å². The number of hydrogen-bond donors (Lipinski definition) is 0. The number of hydrogen-bond acceptors (Lipinski definition) is 3. The van der Waals surface area contributed by atoms with Gasteiger partial charge in [0.1, 0.15) is 12.7 Å². The Kier molecular flexibility index (Phi) is 4.36. The molecule has 19 heavy (non-hydrogen) atoms. The van der Waals surface area contributed by atoms with Gasteiger partial charge in [-0.25, -0.2) is 0 Å². The minimum atomic E-state index is -5.06. The van der Waals surface area contributed by atoms with Gasteiger partial charge in [0, 0.05) is 13.1 Å². The van der Waals surface area contributed by atoms with Gasteiger partial charge in [0.15, 0.2) is 0 Å². The first kappa shape index (κ1) is 14.2. The van der Waals surface area contributed by atoms with Crippen LogP contribution in [0.1, 0.15) is 0 Å². The number of ether oxygens (including phenoxy) is 2. The molecular formula is C12H16BF3NO2-. The van der Waals surface area contributed by atoms with Gasteiger partial charge in [-0.2, -0.15) is 0 Å². The first-order valence-corrected chi connectivity index (χ1v) is 6.18. The number of benzene rings is 1. The Morgan fingerprint density at radius 2 is 2.11 bits per heavy atom. The maximum Gasteiger partial charge on any atom is 0.513 e. The van der Waals surface area contributed by atoms with Gasteiger partial charge >= 0.3 is 6.98 Å². The quantitative estimate of drug-likeness (QED) is 0.776. The van der Waals surface area contributed by atoms with Crippen LogP contribution in [0.5, 0.6) is 5.75 Å². The molecule has 0 radical (unpaired) electrons. The second-order valence-corrected chi connectivity index (χ2v) is 4.68. The van der Waals surface area contributed by atoms with Gasteiger partial charge in [-0.1, -0.05) is 23.7 Å². The van der Waals surface area contributed by atoms with Crippen molar-refractivity contribution in [2.75, 3.05) is 33.4 Å². The van der Waals surface area contributed by atoms with Crippen LogP contribution in [0.4, 0.5) is 12.9 Å². The molecule has 0 amide bonds. The van der Waals surface area contributed by atoms with Crippen molar-refractivity contribution in [1.82, 2.24) is 4.90 Å². The topological polar surface area (TPSA) is 21.7 Å². The highest BCUT2D eigenvalue weighted by molar-refractivity contribution is 6.74. The smallest absolute Gasteiger partial charge is 0.494 e. The Morgan fingerprint density at radius 3 is 2.79 bits per heavy atom. The molecule has 0 aromatic heterocycles. The van der Waals surface area contributed by atoms with E-state index >= 15 is 0 Å². The van der Waals surface area contributed by atoms with Crippen LogP contribution in [0.25, 0.3) is 0 Å². The fraction of sp³-hybridized carbons (Fsp3) is 0.500. The second kappa shape index (κ2) is 5.84. The number of halogens is 3. The third-order valence-corrected chi connectivity index (χ3v) is 3.04. The molecule has 2 rings (SSSR count). The van der Waals surface area contributed by atoms with Crippen molar-refractivity contribution in [2.45, 2.75) is 6.10 Å². The lowest BCUT2D eigenvalue weighted by Gasteiger charge is -2.30. The summed E-state index contributed by atoms with van der Waals surface area (Å²) >= 11 is 0. The molecular weight excluding hydrogens is 258 g/mol. The molecule has 0 saturated carbocycles. The zero-order chi connectivity index (χ0) is 13.9. The normalized spacial score (nSPS) is 21.4. The van der Waals surface area contributed by atoms with Crippen molar-refractivity contribution < 1.29 is 22.4 Å². The molecule has 106 valence electrons. The number of nitrogens with zero attached hydrogens (tertiary/aromatic N) is 1. The molecule has 1 unspecified atom stereocenters. The van der Waals surface area contributed by atoms with E-state index in [1.807, 2.05) is 7.05 Å². The average molecular weight is 274 g/mol. The van der Waals surface area contributed by atoms with Crippen molar-refractivity contribution in [3.8, 4) is 5.75 Å². The fourth-order valence-corrected chi connectivity index (χ4v) is 2.03. The zero-order valence-electron chi connectivity index (χ0n) is 10.7. The standard InChI is InChI=1S/C12H16BF3NO2/c1-17-6-7-18-10(8-17)9-19-12-5-3-2-4-11(12)13(14,15)16/h2-5,10H,6-9H2,1H3/q-1. The highest BCUT2D eigenvalue weighted by atomic mass is 19.4. The SMILES string of the molecule is CN1CCOC(COc2ccccc2[B-](F)(F)F)C1. The van der Waals surface area contributed by atoms with Crippen LogP contribution < -0.4 is 10.2 Å². The Morgan fingerprint density at radius 1 is 1.37 bits per heavy atom. The molecule has 1 fully saturated rings. The maximum absolute atomic E-state index is 12.8. The Labute approximate surface area is 110 Å². The third-order valence-electron chi connectivity index (χ3n) is 3.04. The van der Waals surface area contributed by atoms with Crippen LogP contribution in [-0.2, 0) is 4.74 Å². The maximum atomic E-state index is 12.8. The minimum absolute atomic E-state index is 0.119. The van der Waals surface area contributed by atoms with Gasteiger partial charge in [0.2, 0.25) is 0 Å². The lowest BCUT2D eigenvalue weighted by molar-refractivity contribution is -0.0402. The van der Waals surface area contributed by atoms with Crippen LogP contribution in [0, 0.1) is 0 Å².